The highest BCUT2D eigenvalue weighted by Gasteiger charge is 2.42. The number of aliphatic hydroxyl groups excluding tert-OH is 1. The highest BCUT2D eigenvalue weighted by atomic mass is 32.1. The van der Waals surface area contributed by atoms with Gasteiger partial charge >= 0.3 is 0 Å². The zero-order chi connectivity index (χ0) is 24.1. The van der Waals surface area contributed by atoms with Crippen LogP contribution in [0.1, 0.15) is 24.5 Å². The molecule has 3 fully saturated rings. The molecule has 3 unspecified atom stereocenters. The molecule has 7 heteroatoms. The van der Waals surface area contributed by atoms with Crippen LogP contribution in [0, 0.1) is 11.8 Å². The van der Waals surface area contributed by atoms with Crippen molar-refractivity contribution < 1.29 is 9.84 Å². The van der Waals surface area contributed by atoms with Crippen LogP contribution in [-0.2, 0) is 0 Å². The minimum absolute atomic E-state index is 0.178. The molecule has 0 aliphatic carbocycles. The van der Waals surface area contributed by atoms with Gasteiger partial charge in [0.15, 0.2) is 5.11 Å². The predicted octanol–water partition coefficient (Wildman–Crippen LogP) is 4.52. The van der Waals surface area contributed by atoms with E-state index >= 15 is 0 Å². The number of anilines is 1. The minimum atomic E-state index is -0.504. The summed E-state index contributed by atoms with van der Waals surface area (Å²) in [4.78, 5) is 6.86. The Labute approximate surface area is 206 Å². The van der Waals surface area contributed by atoms with Gasteiger partial charge in [-0.15, -0.1) is 6.58 Å². The number of pyridine rings is 1. The first-order valence-corrected chi connectivity index (χ1v) is 12.0. The lowest BCUT2D eigenvalue weighted by atomic mass is 9.73. The Morgan fingerprint density at radius 3 is 2.74 bits per heavy atom. The fourth-order valence-electron chi connectivity index (χ4n) is 5.11. The summed E-state index contributed by atoms with van der Waals surface area (Å²) in [5, 5.41) is 15.2. The molecule has 4 heterocycles. The Bertz CT molecular complexity index is 1140. The van der Waals surface area contributed by atoms with Crippen molar-refractivity contribution in [2.45, 2.75) is 25.0 Å². The number of aliphatic hydroxyl groups is 1. The van der Waals surface area contributed by atoms with Gasteiger partial charge in [-0.3, -0.25) is 9.88 Å². The summed E-state index contributed by atoms with van der Waals surface area (Å²) in [5.41, 5.74) is 8.02. The number of thiocarbonyl (C=S) groups is 1. The molecule has 5 atom stereocenters. The van der Waals surface area contributed by atoms with Gasteiger partial charge in [-0.2, -0.15) is 0 Å². The van der Waals surface area contributed by atoms with E-state index in [1.807, 2.05) is 54.6 Å². The number of nitrogens with two attached hydrogens (primary N) is 1. The molecule has 0 amide bonds. The molecule has 3 saturated heterocycles. The highest BCUT2D eigenvalue weighted by Crippen LogP contribution is 2.42. The molecule has 1 aromatic heterocycles. The van der Waals surface area contributed by atoms with E-state index in [1.165, 1.54) is 6.42 Å². The minimum Gasteiger partial charge on any atom is -0.497 e. The summed E-state index contributed by atoms with van der Waals surface area (Å²) in [6.45, 7) is 6.07. The fraction of sp³-hybridized carbons (Fsp3) is 0.333. The third kappa shape index (κ3) is 5.38. The van der Waals surface area contributed by atoms with Crippen molar-refractivity contribution in [1.82, 2.24) is 9.88 Å². The van der Waals surface area contributed by atoms with Crippen molar-refractivity contribution in [2.75, 3.05) is 25.5 Å². The third-order valence-corrected chi connectivity index (χ3v) is 6.96. The van der Waals surface area contributed by atoms with E-state index in [0.717, 1.165) is 47.4 Å². The molecule has 3 aliphatic heterocycles. The van der Waals surface area contributed by atoms with Gasteiger partial charge in [-0.25, -0.2) is 0 Å². The number of benzene rings is 2. The SMILES string of the molecule is C=C[C@@H]1CN2CCC1C[C@@H]2C(O)c1ccnc2ccc(OC)cc12.NC(=S)Nc1ccccc1. The molecule has 2 bridgehead atoms. The van der Waals surface area contributed by atoms with Crippen molar-refractivity contribution in [3.63, 3.8) is 0 Å². The number of piperidine rings is 3. The normalized spacial score (nSPS) is 23.9. The number of hydrogen-bond donors (Lipinski definition) is 3. The first-order chi connectivity index (χ1) is 16.5. The molecule has 0 spiro atoms. The summed E-state index contributed by atoms with van der Waals surface area (Å²) in [6.07, 6.45) is 5.62. The monoisotopic (exact) mass is 476 g/mol. The molecule has 3 aromatic rings. The van der Waals surface area contributed by atoms with E-state index in [2.05, 4.69) is 40.1 Å². The van der Waals surface area contributed by atoms with E-state index in [9.17, 15) is 5.11 Å². The Morgan fingerprint density at radius 1 is 1.29 bits per heavy atom. The van der Waals surface area contributed by atoms with Crippen LogP contribution in [0.2, 0.25) is 0 Å². The maximum atomic E-state index is 11.2. The van der Waals surface area contributed by atoms with Crippen LogP contribution in [0.4, 0.5) is 5.69 Å². The van der Waals surface area contributed by atoms with Crippen LogP contribution >= 0.6 is 12.2 Å². The molecule has 6 nitrogen and oxygen atoms in total. The molecule has 0 saturated carbocycles. The largest absolute Gasteiger partial charge is 0.497 e. The standard InChI is InChI=1S/C20H24N2O2.C7H8N2S/c1-3-13-12-22-9-7-14(13)10-19(22)20(23)16-6-8-21-18-5-4-15(24-2)11-17(16)18;8-7(10)9-6-4-2-1-3-5-6/h3-6,8,11,13-14,19-20,23H,1,7,9-10,12H2,2H3;1-5H,(H3,8,9,10)/t13-,14?,19-,20?;/m1./s1. The quantitative estimate of drug-likeness (QED) is 0.369. The summed E-state index contributed by atoms with van der Waals surface area (Å²) in [5.74, 6) is 2.01. The Balaban J connectivity index is 0.000000231. The number of aromatic nitrogens is 1. The number of hydrogen-bond acceptors (Lipinski definition) is 5. The lowest BCUT2D eigenvalue weighted by Gasteiger charge is -2.50. The second kappa shape index (κ2) is 11.0. The van der Waals surface area contributed by atoms with E-state index in [4.69, 9.17) is 10.5 Å². The van der Waals surface area contributed by atoms with Gasteiger partial charge in [0.25, 0.3) is 0 Å². The van der Waals surface area contributed by atoms with Crippen molar-refractivity contribution >= 4 is 33.9 Å². The molecule has 2 aromatic carbocycles. The average Bonchev–Trinajstić information content (AvgIpc) is 2.88. The van der Waals surface area contributed by atoms with Crippen molar-refractivity contribution in [1.29, 1.82) is 0 Å². The van der Waals surface area contributed by atoms with Gasteiger partial charge in [-0.05, 0) is 85.4 Å². The molecule has 0 radical (unpaired) electrons. The number of nitrogens with one attached hydrogen (secondary N) is 1. The summed E-state index contributed by atoms with van der Waals surface area (Å²) in [6, 6.07) is 17.5. The first-order valence-electron chi connectivity index (χ1n) is 11.6. The molecular formula is C27H32N4O2S. The molecule has 3 aliphatic rings. The average molecular weight is 477 g/mol. The number of fused-ring (bicyclic) bond motifs is 4. The van der Waals surface area contributed by atoms with Gasteiger partial charge in [0, 0.05) is 29.9 Å². The van der Waals surface area contributed by atoms with E-state index in [1.54, 1.807) is 13.3 Å². The lowest BCUT2D eigenvalue weighted by molar-refractivity contribution is -0.0444. The van der Waals surface area contributed by atoms with Gasteiger partial charge in [0.05, 0.1) is 18.7 Å². The van der Waals surface area contributed by atoms with Crippen LogP contribution in [0.3, 0.4) is 0 Å². The summed E-state index contributed by atoms with van der Waals surface area (Å²) >= 11 is 4.64. The number of rotatable bonds is 5. The fourth-order valence-corrected chi connectivity index (χ4v) is 5.23. The van der Waals surface area contributed by atoms with E-state index in [0.29, 0.717) is 16.9 Å². The number of nitrogens with zero attached hydrogens (tertiary/aromatic N) is 2. The molecule has 6 rings (SSSR count). The zero-order valence-corrected chi connectivity index (χ0v) is 20.2. The van der Waals surface area contributed by atoms with Crippen LogP contribution in [0.25, 0.3) is 10.9 Å². The smallest absolute Gasteiger partial charge is 0.168 e. The summed E-state index contributed by atoms with van der Waals surface area (Å²) < 4.78 is 5.35. The number of ether oxygens (including phenoxy) is 1. The second-order valence-electron chi connectivity index (χ2n) is 8.83. The maximum absolute atomic E-state index is 11.2. The van der Waals surface area contributed by atoms with Crippen LogP contribution in [0.5, 0.6) is 5.75 Å². The number of para-hydroxylation sites is 1. The summed E-state index contributed by atoms with van der Waals surface area (Å²) in [7, 11) is 1.66. The Morgan fingerprint density at radius 2 is 2.09 bits per heavy atom. The van der Waals surface area contributed by atoms with Gasteiger partial charge in [0.1, 0.15) is 5.75 Å². The molecule has 178 valence electrons. The zero-order valence-electron chi connectivity index (χ0n) is 19.4. The Kier molecular flexibility index (Phi) is 7.77. The van der Waals surface area contributed by atoms with Crippen molar-refractivity contribution in [2.24, 2.45) is 17.6 Å². The second-order valence-corrected chi connectivity index (χ2v) is 9.27. The predicted molar refractivity (Wildman–Crippen MR) is 142 cm³/mol. The number of methoxy groups -OCH3 is 1. The topological polar surface area (TPSA) is 83.6 Å². The lowest BCUT2D eigenvalue weighted by Crippen LogP contribution is -2.54. The third-order valence-electron chi connectivity index (χ3n) is 6.86. The maximum Gasteiger partial charge on any atom is 0.168 e. The Hall–Kier alpha value is -3.00. The van der Waals surface area contributed by atoms with Crippen LogP contribution in [-0.4, -0.2) is 46.3 Å². The van der Waals surface area contributed by atoms with Crippen LogP contribution < -0.4 is 15.8 Å². The van der Waals surface area contributed by atoms with Crippen molar-refractivity contribution in [3.05, 3.63) is 79.0 Å². The van der Waals surface area contributed by atoms with Crippen LogP contribution in [0.15, 0.2) is 73.4 Å². The molecule has 4 N–H and O–H groups in total. The van der Waals surface area contributed by atoms with E-state index < -0.39 is 6.10 Å². The van der Waals surface area contributed by atoms with Gasteiger partial charge < -0.3 is 20.9 Å². The molecule has 34 heavy (non-hydrogen) atoms. The van der Waals surface area contributed by atoms with Gasteiger partial charge in [0.2, 0.25) is 0 Å². The first kappa shape index (κ1) is 24.1. The van der Waals surface area contributed by atoms with Gasteiger partial charge in [-0.1, -0.05) is 24.3 Å². The highest BCUT2D eigenvalue weighted by molar-refractivity contribution is 7.80. The van der Waals surface area contributed by atoms with Crippen molar-refractivity contribution in [3.8, 4) is 5.75 Å². The van der Waals surface area contributed by atoms with E-state index in [-0.39, 0.29) is 6.04 Å². The molecular weight excluding hydrogens is 444 g/mol.